The van der Waals surface area contributed by atoms with E-state index in [1.165, 1.54) is 0 Å². The van der Waals surface area contributed by atoms with Crippen molar-refractivity contribution in [3.05, 3.63) is 52.3 Å². The van der Waals surface area contributed by atoms with Crippen molar-refractivity contribution in [1.29, 1.82) is 0 Å². The third-order valence-corrected chi connectivity index (χ3v) is 6.30. The van der Waals surface area contributed by atoms with Crippen LogP contribution in [-0.2, 0) is 16.1 Å². The Morgan fingerprint density at radius 2 is 1.97 bits per heavy atom. The van der Waals surface area contributed by atoms with E-state index in [9.17, 15) is 19.6 Å². The third kappa shape index (κ3) is 7.33. The summed E-state index contributed by atoms with van der Waals surface area (Å²) in [6, 6.07) is 8.80. The molecule has 2 atom stereocenters. The van der Waals surface area contributed by atoms with E-state index in [1.807, 2.05) is 40.7 Å². The number of oxime groups is 1. The maximum Gasteiger partial charge on any atom is 0.475 e. The van der Waals surface area contributed by atoms with Gasteiger partial charge < -0.3 is 25.5 Å². The first-order valence-corrected chi connectivity index (χ1v) is 12.8. The molecule has 1 aromatic heterocycles. The van der Waals surface area contributed by atoms with Crippen molar-refractivity contribution in [2.45, 2.75) is 71.5 Å². The largest absolute Gasteiger partial charge is 0.475 e. The first kappa shape index (κ1) is 28.7. The summed E-state index contributed by atoms with van der Waals surface area (Å²) >= 11 is 6.16. The Bertz CT molecular complexity index is 1150. The number of hydrogen-bond acceptors (Lipinski definition) is 7. The number of carbonyl (C=O) groups is 2. The van der Waals surface area contributed by atoms with Crippen molar-refractivity contribution in [3.8, 4) is 0 Å². The zero-order valence-electron chi connectivity index (χ0n) is 21.9. The molecule has 0 saturated carbocycles. The second-order valence-corrected chi connectivity index (χ2v) is 10.7. The highest BCUT2D eigenvalue weighted by Gasteiger charge is 2.48. The fourth-order valence-corrected chi connectivity index (χ4v) is 4.54. The zero-order chi connectivity index (χ0) is 27.3. The number of benzene rings is 1. The molecule has 0 bridgehead atoms. The Morgan fingerprint density at radius 1 is 1.24 bits per heavy atom. The summed E-state index contributed by atoms with van der Waals surface area (Å²) in [5, 5.41) is 34.2. The number of rotatable bonds is 11. The van der Waals surface area contributed by atoms with E-state index in [2.05, 4.69) is 20.9 Å². The minimum Gasteiger partial charge on any atom is -0.426 e. The predicted octanol–water partition coefficient (Wildman–Crippen LogP) is 2.46. The number of nitrogens with one attached hydrogen (secondary N) is 2. The number of aryl methyl sites for hydroxylation is 1. The van der Waals surface area contributed by atoms with Gasteiger partial charge in [0.05, 0.1) is 23.9 Å². The standard InChI is InChI=1S/C25H35BClN5O5/c1-15(2)9-22(26(35)36)29-24(34)25(12-18-7-6-8-19(27)11-18)13-20(31-37-25)14-28-23(33)21-10-17(5)30-32(21)16(3)4/h6-8,10-11,15-16,22,35-36H,9,12-14H2,1-5H3,(H,28,33)(H,29,34). The van der Waals surface area contributed by atoms with Crippen molar-refractivity contribution < 1.29 is 24.5 Å². The van der Waals surface area contributed by atoms with Gasteiger partial charge in [-0.25, -0.2) is 0 Å². The summed E-state index contributed by atoms with van der Waals surface area (Å²) in [7, 11) is -1.73. The van der Waals surface area contributed by atoms with Gasteiger partial charge in [-0.2, -0.15) is 5.10 Å². The lowest BCUT2D eigenvalue weighted by Gasteiger charge is -2.29. The van der Waals surface area contributed by atoms with Gasteiger partial charge in [0, 0.05) is 23.9 Å². The van der Waals surface area contributed by atoms with Gasteiger partial charge in [-0.05, 0) is 56.9 Å². The molecule has 2 aromatic rings. The molecule has 2 amide bonds. The van der Waals surface area contributed by atoms with Crippen LogP contribution in [0.15, 0.2) is 35.5 Å². The van der Waals surface area contributed by atoms with Crippen LogP contribution < -0.4 is 10.6 Å². The van der Waals surface area contributed by atoms with Crippen LogP contribution in [0.1, 0.15) is 68.3 Å². The van der Waals surface area contributed by atoms with Crippen molar-refractivity contribution in [2.24, 2.45) is 11.1 Å². The summed E-state index contributed by atoms with van der Waals surface area (Å²) in [6.07, 6.45) is 0.614. The average molecular weight is 532 g/mol. The first-order chi connectivity index (χ1) is 17.4. The van der Waals surface area contributed by atoms with Crippen LogP contribution in [-0.4, -0.2) is 62.6 Å². The molecule has 10 nitrogen and oxygen atoms in total. The molecule has 3 rings (SSSR count). The molecule has 1 aliphatic rings. The van der Waals surface area contributed by atoms with Gasteiger partial charge in [-0.1, -0.05) is 42.7 Å². The smallest absolute Gasteiger partial charge is 0.426 e. The van der Waals surface area contributed by atoms with Gasteiger partial charge in [0.25, 0.3) is 11.8 Å². The van der Waals surface area contributed by atoms with E-state index in [0.29, 0.717) is 22.8 Å². The summed E-state index contributed by atoms with van der Waals surface area (Å²) in [6.45, 7) is 9.62. The Morgan fingerprint density at radius 3 is 2.59 bits per heavy atom. The van der Waals surface area contributed by atoms with Crippen LogP contribution in [0.3, 0.4) is 0 Å². The summed E-state index contributed by atoms with van der Waals surface area (Å²) in [4.78, 5) is 32.1. The van der Waals surface area contributed by atoms with Crippen LogP contribution in [0.4, 0.5) is 0 Å². The van der Waals surface area contributed by atoms with E-state index in [1.54, 1.807) is 28.9 Å². The molecular weight excluding hydrogens is 497 g/mol. The van der Waals surface area contributed by atoms with Gasteiger partial charge in [0.1, 0.15) is 5.69 Å². The number of nitrogens with zero attached hydrogens (tertiary/aromatic N) is 3. The fraction of sp³-hybridized carbons (Fsp3) is 0.520. The number of carbonyl (C=O) groups excluding carboxylic acids is 2. The molecule has 0 spiro atoms. The van der Waals surface area contributed by atoms with Gasteiger partial charge in [0.15, 0.2) is 0 Å². The maximum atomic E-state index is 13.5. The first-order valence-electron chi connectivity index (χ1n) is 12.4. The van der Waals surface area contributed by atoms with E-state index < -0.39 is 24.6 Å². The van der Waals surface area contributed by atoms with Crippen molar-refractivity contribution >= 4 is 36.2 Å². The molecule has 0 radical (unpaired) electrons. The molecule has 200 valence electrons. The molecule has 0 saturated heterocycles. The van der Waals surface area contributed by atoms with E-state index in [4.69, 9.17) is 16.4 Å². The summed E-state index contributed by atoms with van der Waals surface area (Å²) in [5.41, 5.74) is 0.959. The van der Waals surface area contributed by atoms with Crippen LogP contribution in [0.5, 0.6) is 0 Å². The predicted molar refractivity (Wildman–Crippen MR) is 142 cm³/mol. The minimum absolute atomic E-state index is 0.0105. The second kappa shape index (κ2) is 12.1. The number of aromatic nitrogens is 2. The van der Waals surface area contributed by atoms with Gasteiger partial charge >= 0.3 is 7.12 Å². The quantitative estimate of drug-likeness (QED) is 0.329. The molecule has 1 aliphatic heterocycles. The molecule has 4 N–H and O–H groups in total. The lowest BCUT2D eigenvalue weighted by molar-refractivity contribution is -0.144. The third-order valence-electron chi connectivity index (χ3n) is 6.07. The normalized spacial score (nSPS) is 17.9. The van der Waals surface area contributed by atoms with Crippen LogP contribution in [0.2, 0.25) is 5.02 Å². The molecular formula is C25H35BClN5O5. The molecule has 12 heteroatoms. The maximum absolute atomic E-state index is 13.5. The minimum atomic E-state index is -1.73. The van der Waals surface area contributed by atoms with Crippen molar-refractivity contribution in [3.63, 3.8) is 0 Å². The zero-order valence-corrected chi connectivity index (χ0v) is 22.6. The molecule has 2 unspecified atom stereocenters. The van der Waals surface area contributed by atoms with Crippen LogP contribution in [0, 0.1) is 12.8 Å². The van der Waals surface area contributed by atoms with Gasteiger partial charge in [-0.3, -0.25) is 14.3 Å². The van der Waals surface area contributed by atoms with Crippen molar-refractivity contribution in [2.75, 3.05) is 6.54 Å². The number of halogens is 1. The Balaban J connectivity index is 1.77. The highest BCUT2D eigenvalue weighted by Crippen LogP contribution is 2.30. The van der Waals surface area contributed by atoms with Crippen molar-refractivity contribution in [1.82, 2.24) is 20.4 Å². The Labute approximate surface area is 222 Å². The van der Waals surface area contributed by atoms with Gasteiger partial charge in [0.2, 0.25) is 5.60 Å². The Kier molecular flexibility index (Phi) is 9.38. The lowest BCUT2D eigenvalue weighted by Crippen LogP contribution is -2.56. The van der Waals surface area contributed by atoms with Crippen LogP contribution in [0.25, 0.3) is 0 Å². The topological polar surface area (TPSA) is 138 Å². The molecule has 0 aliphatic carbocycles. The number of amides is 2. The average Bonchev–Trinajstić information content (AvgIpc) is 3.41. The van der Waals surface area contributed by atoms with Gasteiger partial charge in [-0.15, -0.1) is 0 Å². The second-order valence-electron chi connectivity index (χ2n) is 10.2. The molecule has 1 aromatic carbocycles. The molecule has 37 heavy (non-hydrogen) atoms. The summed E-state index contributed by atoms with van der Waals surface area (Å²) in [5.74, 6) is -1.60. The highest BCUT2D eigenvalue weighted by atomic mass is 35.5. The molecule has 0 fully saturated rings. The van der Waals surface area contributed by atoms with E-state index >= 15 is 0 Å². The summed E-state index contributed by atoms with van der Waals surface area (Å²) < 4.78 is 1.66. The number of hydrogen-bond donors (Lipinski definition) is 4. The van der Waals surface area contributed by atoms with E-state index in [0.717, 1.165) is 11.3 Å². The molecule has 2 heterocycles. The monoisotopic (exact) mass is 531 g/mol. The SMILES string of the molecule is Cc1cc(C(=O)NCC2=NOC(Cc3cccc(Cl)c3)(C(=O)NC(CC(C)C)B(O)O)C2)n(C(C)C)n1. The van der Waals surface area contributed by atoms with E-state index in [-0.39, 0.29) is 37.3 Å². The highest BCUT2D eigenvalue weighted by molar-refractivity contribution is 6.43. The van der Waals surface area contributed by atoms with Crippen LogP contribution >= 0.6 is 11.6 Å². The fourth-order valence-electron chi connectivity index (χ4n) is 4.33. The Hall–Kier alpha value is -2.89. The lowest BCUT2D eigenvalue weighted by atomic mass is 9.74.